The van der Waals surface area contributed by atoms with Crippen LogP contribution in [0.1, 0.15) is 24.4 Å². The summed E-state index contributed by atoms with van der Waals surface area (Å²) in [6, 6.07) is 11.3. The molecule has 2 heterocycles. The number of thiocarbonyl (C=S) groups is 1. The number of carbonyl (C=O) groups excluding carboxylic acids is 1. The second-order valence-corrected chi connectivity index (χ2v) is 6.52. The first-order chi connectivity index (χ1) is 12.7. The highest BCUT2D eigenvalue weighted by molar-refractivity contribution is 7.80. The molecule has 2 aromatic rings. The Labute approximate surface area is 156 Å². The van der Waals surface area contributed by atoms with Gasteiger partial charge in [-0.2, -0.15) is 0 Å². The lowest BCUT2D eigenvalue weighted by Crippen LogP contribution is -2.32. The van der Waals surface area contributed by atoms with E-state index < -0.39 is 0 Å². The highest BCUT2D eigenvalue weighted by Gasteiger charge is 2.41. The monoisotopic (exact) mass is 370 g/mol. The maximum Gasteiger partial charge on any atom is 0.276 e. The molecule has 1 saturated heterocycles. The van der Waals surface area contributed by atoms with Crippen molar-refractivity contribution in [1.82, 2.24) is 10.2 Å². The normalized spacial score (nSPS) is 18.3. The summed E-state index contributed by atoms with van der Waals surface area (Å²) in [7, 11) is 1.60. The van der Waals surface area contributed by atoms with Crippen LogP contribution in [0.5, 0.6) is 11.5 Å². The van der Waals surface area contributed by atoms with Crippen LogP contribution in [-0.4, -0.2) is 29.1 Å². The van der Waals surface area contributed by atoms with Gasteiger partial charge >= 0.3 is 0 Å². The predicted molar refractivity (Wildman–Crippen MR) is 99.6 cm³/mol. The van der Waals surface area contributed by atoms with Gasteiger partial charge in [0.2, 0.25) is 0 Å². The molecule has 0 bridgehead atoms. The molecule has 7 heteroatoms. The fourth-order valence-corrected chi connectivity index (χ4v) is 3.13. The molecule has 1 aliphatic carbocycles. The number of ether oxygens (including phenoxy) is 2. The molecule has 0 atom stereocenters. The van der Waals surface area contributed by atoms with Gasteiger partial charge in [-0.25, -0.2) is 0 Å². The molecular weight excluding hydrogens is 352 g/mol. The highest BCUT2D eigenvalue weighted by atomic mass is 32.1. The molecule has 1 saturated carbocycles. The van der Waals surface area contributed by atoms with Crippen molar-refractivity contribution >= 4 is 29.3 Å². The molecule has 2 fully saturated rings. The largest absolute Gasteiger partial charge is 0.493 e. The van der Waals surface area contributed by atoms with E-state index in [1.165, 1.54) is 0 Å². The van der Waals surface area contributed by atoms with Crippen LogP contribution < -0.4 is 14.8 Å². The number of carbonyl (C=O) groups is 1. The van der Waals surface area contributed by atoms with Crippen LogP contribution in [0.15, 0.2) is 46.5 Å². The zero-order valence-electron chi connectivity index (χ0n) is 14.2. The third-order valence-corrected chi connectivity index (χ3v) is 4.53. The lowest BCUT2D eigenvalue weighted by molar-refractivity contribution is -0.122. The van der Waals surface area contributed by atoms with Crippen LogP contribution >= 0.6 is 12.2 Å². The van der Waals surface area contributed by atoms with Crippen molar-refractivity contribution in [3.63, 3.8) is 0 Å². The molecule has 1 aromatic carbocycles. The Bertz CT molecular complexity index is 885. The second-order valence-electron chi connectivity index (χ2n) is 6.14. The number of para-hydroxylation sites is 2. The van der Waals surface area contributed by atoms with Gasteiger partial charge in [0.1, 0.15) is 23.8 Å². The fourth-order valence-electron chi connectivity index (χ4n) is 2.79. The minimum absolute atomic E-state index is 0.0966. The first kappa shape index (κ1) is 16.7. The second kappa shape index (κ2) is 6.84. The van der Waals surface area contributed by atoms with Crippen LogP contribution in [0.4, 0.5) is 0 Å². The van der Waals surface area contributed by atoms with Gasteiger partial charge in [0.15, 0.2) is 16.6 Å². The number of amides is 1. The smallest absolute Gasteiger partial charge is 0.276 e. The van der Waals surface area contributed by atoms with E-state index in [-0.39, 0.29) is 18.6 Å². The molecule has 1 aromatic heterocycles. The molecule has 1 N–H and O–H groups in total. The summed E-state index contributed by atoms with van der Waals surface area (Å²) in [5.74, 6) is 2.43. The summed E-state index contributed by atoms with van der Waals surface area (Å²) in [5, 5.41) is 3.43. The van der Waals surface area contributed by atoms with Crippen molar-refractivity contribution in [2.45, 2.75) is 25.5 Å². The van der Waals surface area contributed by atoms with Gasteiger partial charge in [-0.15, -0.1) is 0 Å². The molecule has 134 valence electrons. The molecule has 0 spiro atoms. The van der Waals surface area contributed by atoms with Crippen molar-refractivity contribution in [3.05, 3.63) is 53.6 Å². The highest BCUT2D eigenvalue weighted by Crippen LogP contribution is 2.31. The molecule has 1 aliphatic heterocycles. The number of benzene rings is 1. The maximum absolute atomic E-state index is 12.4. The number of rotatable bonds is 6. The molecule has 2 aliphatic rings. The van der Waals surface area contributed by atoms with Crippen LogP contribution in [0.25, 0.3) is 6.08 Å². The topological polar surface area (TPSA) is 63.9 Å². The lowest BCUT2D eigenvalue weighted by atomic mass is 10.3. The minimum Gasteiger partial charge on any atom is -0.493 e. The van der Waals surface area contributed by atoms with E-state index in [1.54, 1.807) is 24.2 Å². The van der Waals surface area contributed by atoms with Crippen molar-refractivity contribution in [3.8, 4) is 11.5 Å². The van der Waals surface area contributed by atoms with Gasteiger partial charge < -0.3 is 19.2 Å². The Morgan fingerprint density at radius 2 is 2.04 bits per heavy atom. The summed E-state index contributed by atoms with van der Waals surface area (Å²) in [5.41, 5.74) is 0.438. The van der Waals surface area contributed by atoms with Gasteiger partial charge in [0.25, 0.3) is 5.91 Å². The van der Waals surface area contributed by atoms with Crippen molar-refractivity contribution < 1.29 is 18.7 Å². The average molecular weight is 370 g/mol. The van der Waals surface area contributed by atoms with E-state index in [0.29, 0.717) is 33.8 Å². The molecule has 6 nitrogen and oxygen atoms in total. The van der Waals surface area contributed by atoms with Gasteiger partial charge in [-0.05, 0) is 49.3 Å². The van der Waals surface area contributed by atoms with Crippen LogP contribution in [0.3, 0.4) is 0 Å². The summed E-state index contributed by atoms with van der Waals surface area (Å²) in [6.45, 7) is 0.261. The third kappa shape index (κ3) is 3.30. The first-order valence-corrected chi connectivity index (χ1v) is 8.77. The summed E-state index contributed by atoms with van der Waals surface area (Å²) < 4.78 is 16.7. The molecule has 0 unspecified atom stereocenters. The summed E-state index contributed by atoms with van der Waals surface area (Å²) in [6.07, 6.45) is 3.68. The Morgan fingerprint density at radius 3 is 2.77 bits per heavy atom. The van der Waals surface area contributed by atoms with Crippen molar-refractivity contribution in [2.24, 2.45) is 0 Å². The zero-order valence-corrected chi connectivity index (χ0v) is 15.0. The van der Waals surface area contributed by atoms with E-state index in [9.17, 15) is 4.79 Å². The minimum atomic E-state index is -0.0966. The van der Waals surface area contributed by atoms with Gasteiger partial charge in [-0.1, -0.05) is 12.1 Å². The van der Waals surface area contributed by atoms with Crippen molar-refractivity contribution in [2.75, 3.05) is 7.11 Å². The first-order valence-electron chi connectivity index (χ1n) is 8.36. The molecule has 1 amide bonds. The molecule has 26 heavy (non-hydrogen) atoms. The van der Waals surface area contributed by atoms with Gasteiger partial charge in [0, 0.05) is 12.1 Å². The number of hydrogen-bond donors (Lipinski definition) is 1. The number of methoxy groups -OCH3 is 1. The van der Waals surface area contributed by atoms with Crippen LogP contribution in [0, 0.1) is 0 Å². The zero-order chi connectivity index (χ0) is 18.1. The van der Waals surface area contributed by atoms with E-state index in [1.807, 2.05) is 30.3 Å². The fraction of sp³-hybridized carbons (Fsp3) is 0.263. The number of nitrogens with one attached hydrogen (secondary N) is 1. The Morgan fingerprint density at radius 1 is 1.27 bits per heavy atom. The van der Waals surface area contributed by atoms with Crippen LogP contribution in [-0.2, 0) is 11.4 Å². The molecule has 4 rings (SSSR count). The van der Waals surface area contributed by atoms with E-state index >= 15 is 0 Å². The van der Waals surface area contributed by atoms with E-state index in [0.717, 1.165) is 12.8 Å². The number of hydrogen-bond acceptors (Lipinski definition) is 5. The Kier molecular flexibility index (Phi) is 4.38. The van der Waals surface area contributed by atoms with Crippen molar-refractivity contribution in [1.29, 1.82) is 0 Å². The number of nitrogens with zero attached hydrogens (tertiary/aromatic N) is 1. The van der Waals surface area contributed by atoms with Gasteiger partial charge in [-0.3, -0.25) is 9.69 Å². The quantitative estimate of drug-likeness (QED) is 0.623. The van der Waals surface area contributed by atoms with E-state index in [2.05, 4.69) is 5.32 Å². The van der Waals surface area contributed by atoms with Gasteiger partial charge in [0.05, 0.1) is 7.11 Å². The van der Waals surface area contributed by atoms with E-state index in [4.69, 9.17) is 26.1 Å². The average Bonchev–Trinajstić information content (AvgIpc) is 3.31. The summed E-state index contributed by atoms with van der Waals surface area (Å²) in [4.78, 5) is 14.1. The Hall–Kier alpha value is -2.80. The third-order valence-electron chi connectivity index (χ3n) is 4.23. The number of furan rings is 1. The predicted octanol–water partition coefficient (Wildman–Crippen LogP) is 3.09. The molecule has 0 radical (unpaired) electrons. The maximum atomic E-state index is 12.4. The standard InChI is InChI=1S/C19H18N2O4S/c1-23-16-4-2-3-5-17(16)24-11-14-9-8-13(25-14)10-15-18(22)21(12-6-7-12)19(26)20-15/h2-5,8-10,12H,6-7,11H2,1H3,(H,20,26)/b15-10+. The van der Waals surface area contributed by atoms with Crippen LogP contribution in [0.2, 0.25) is 0 Å². The Balaban J connectivity index is 1.43. The SMILES string of the molecule is COc1ccccc1OCc1ccc(/C=C2/NC(=S)N(C3CC3)C2=O)o1. The molecular formula is C19H18N2O4S. The summed E-state index contributed by atoms with van der Waals surface area (Å²) >= 11 is 5.24. The lowest BCUT2D eigenvalue weighted by Gasteiger charge is -2.11.